The van der Waals surface area contributed by atoms with E-state index in [4.69, 9.17) is 10.7 Å². The van der Waals surface area contributed by atoms with Gasteiger partial charge in [-0.1, -0.05) is 60.7 Å². The summed E-state index contributed by atoms with van der Waals surface area (Å²) >= 11 is 0.933. The van der Waals surface area contributed by atoms with E-state index in [9.17, 15) is 0 Å². The zero-order chi connectivity index (χ0) is 15.6. The van der Waals surface area contributed by atoms with Gasteiger partial charge in [0.25, 0.3) is 5.23 Å². The molecule has 0 saturated carbocycles. The fourth-order valence-electron chi connectivity index (χ4n) is 1.75. The number of aliphatic imine (C=N–C) groups is 1. The van der Waals surface area contributed by atoms with Crippen molar-refractivity contribution in [2.24, 2.45) is 4.99 Å². The summed E-state index contributed by atoms with van der Waals surface area (Å²) in [6.45, 7) is 1.07. The van der Waals surface area contributed by atoms with E-state index in [2.05, 4.69) is 15.2 Å². The van der Waals surface area contributed by atoms with Gasteiger partial charge in [-0.2, -0.15) is 0 Å². The molecule has 0 heterocycles. The van der Waals surface area contributed by atoms with Crippen LogP contribution in [0.15, 0.2) is 65.7 Å². The fourth-order valence-corrected chi connectivity index (χ4v) is 2.24. The van der Waals surface area contributed by atoms with Crippen molar-refractivity contribution in [2.75, 3.05) is 0 Å². The van der Waals surface area contributed by atoms with E-state index in [0.717, 1.165) is 22.9 Å². The molecular formula is C16H17N3O2S. The first-order chi connectivity index (χ1) is 10.8. The van der Waals surface area contributed by atoms with Crippen molar-refractivity contribution >= 4 is 22.2 Å². The van der Waals surface area contributed by atoms with Gasteiger partial charge in [-0.3, -0.25) is 10.4 Å². The lowest BCUT2D eigenvalue weighted by Crippen LogP contribution is -2.22. The van der Waals surface area contributed by atoms with Gasteiger partial charge in [0.15, 0.2) is 5.17 Å². The van der Waals surface area contributed by atoms with Gasteiger partial charge in [-0.25, -0.2) is 5.26 Å². The Morgan fingerprint density at radius 2 is 1.64 bits per heavy atom. The van der Waals surface area contributed by atoms with Gasteiger partial charge in [0.1, 0.15) is 0 Å². The molecule has 5 nitrogen and oxygen atoms in total. The lowest BCUT2D eigenvalue weighted by molar-refractivity contribution is -0.151. The Morgan fingerprint density at radius 1 is 1.05 bits per heavy atom. The summed E-state index contributed by atoms with van der Waals surface area (Å²) in [6, 6.07) is 19.7. The summed E-state index contributed by atoms with van der Waals surface area (Å²) < 4.78 is 0. The minimum atomic E-state index is -0.327. The summed E-state index contributed by atoms with van der Waals surface area (Å²) in [6.07, 6.45) is 0. The third-order valence-electron chi connectivity index (χ3n) is 2.81. The first-order valence-corrected chi connectivity index (χ1v) is 7.53. The van der Waals surface area contributed by atoms with E-state index >= 15 is 0 Å². The minimum Gasteiger partial charge on any atom is -0.360 e. The Hall–Kier alpha value is -2.31. The maximum Gasteiger partial charge on any atom is 0.291 e. The molecule has 0 amide bonds. The maximum absolute atomic E-state index is 8.53. The third-order valence-corrected chi connectivity index (χ3v) is 3.53. The van der Waals surface area contributed by atoms with Crippen molar-refractivity contribution in [1.82, 2.24) is 5.32 Å². The van der Waals surface area contributed by atoms with Gasteiger partial charge in [0, 0.05) is 18.3 Å². The van der Waals surface area contributed by atoms with Gasteiger partial charge < -0.3 is 10.2 Å². The van der Waals surface area contributed by atoms with Crippen molar-refractivity contribution in [3.05, 3.63) is 71.8 Å². The Labute approximate surface area is 133 Å². The van der Waals surface area contributed by atoms with Crippen LogP contribution in [0.5, 0.6) is 0 Å². The monoisotopic (exact) mass is 315 g/mol. The molecule has 0 radical (unpaired) electrons. The van der Waals surface area contributed by atoms with E-state index < -0.39 is 0 Å². The predicted octanol–water partition coefficient (Wildman–Crippen LogP) is 3.49. The normalized spacial score (nSPS) is 11.0. The number of thioether (sulfide) groups is 1. The third kappa shape index (κ3) is 5.59. The molecule has 0 bridgehead atoms. The Balaban J connectivity index is 2.00. The Bertz CT molecular complexity index is 618. The van der Waals surface area contributed by atoms with E-state index in [1.54, 1.807) is 0 Å². The number of hydrogen-bond acceptors (Lipinski definition) is 5. The number of amidine groups is 1. The Kier molecular flexibility index (Phi) is 6.47. The number of rotatable bonds is 4. The topological polar surface area (TPSA) is 77.7 Å². The number of nitrogens with zero attached hydrogens (tertiary/aromatic N) is 1. The highest BCUT2D eigenvalue weighted by molar-refractivity contribution is 8.26. The lowest BCUT2D eigenvalue weighted by atomic mass is 10.2. The summed E-state index contributed by atoms with van der Waals surface area (Å²) in [7, 11) is 0. The molecule has 0 aliphatic heterocycles. The molecule has 0 fully saturated rings. The van der Waals surface area contributed by atoms with Crippen LogP contribution in [-0.2, 0) is 18.0 Å². The van der Waals surface area contributed by atoms with Crippen LogP contribution in [0.2, 0.25) is 0 Å². The van der Waals surface area contributed by atoms with Crippen LogP contribution in [0.1, 0.15) is 11.1 Å². The van der Waals surface area contributed by atoms with Crippen LogP contribution in [0.4, 0.5) is 0 Å². The van der Waals surface area contributed by atoms with Gasteiger partial charge in [0.2, 0.25) is 0 Å². The molecule has 0 spiro atoms. The molecule has 0 unspecified atom stereocenters. The summed E-state index contributed by atoms with van der Waals surface area (Å²) in [4.78, 5) is 8.34. The number of nitrogens with one attached hydrogen (secondary N) is 2. The SMILES string of the molecule is N=C(OO)SC(=NCc1ccccc1)NCc1ccccc1. The lowest BCUT2D eigenvalue weighted by Gasteiger charge is -2.09. The largest absolute Gasteiger partial charge is 0.360 e. The standard InChI is InChI=1S/C16H17N3O2S/c17-15(21-20)22-16(18-11-13-7-3-1-4-8-13)19-12-14-9-5-2-6-10-14/h1-10,17,20H,11-12H2,(H,18,19). The second-order valence-electron chi connectivity index (χ2n) is 4.43. The maximum atomic E-state index is 8.53. The number of benzene rings is 2. The highest BCUT2D eigenvalue weighted by Crippen LogP contribution is 2.09. The van der Waals surface area contributed by atoms with Crippen LogP contribution >= 0.6 is 11.8 Å². The van der Waals surface area contributed by atoms with Crippen molar-refractivity contribution in [1.29, 1.82) is 5.41 Å². The quantitative estimate of drug-likeness (QED) is 0.349. The highest BCUT2D eigenvalue weighted by atomic mass is 32.2. The van der Waals surface area contributed by atoms with Gasteiger partial charge in [-0.15, -0.1) is 0 Å². The smallest absolute Gasteiger partial charge is 0.291 e. The molecule has 3 N–H and O–H groups in total. The molecule has 6 heteroatoms. The van der Waals surface area contributed by atoms with Crippen LogP contribution in [0.25, 0.3) is 0 Å². The van der Waals surface area contributed by atoms with Crippen molar-refractivity contribution in [3.8, 4) is 0 Å². The van der Waals surface area contributed by atoms with Crippen molar-refractivity contribution < 1.29 is 10.1 Å². The second-order valence-corrected chi connectivity index (χ2v) is 5.39. The average molecular weight is 315 g/mol. The molecule has 2 aromatic rings. The van der Waals surface area contributed by atoms with E-state index in [1.165, 1.54) is 0 Å². The van der Waals surface area contributed by atoms with Gasteiger partial charge >= 0.3 is 0 Å². The molecule has 114 valence electrons. The fraction of sp³-hybridized carbons (Fsp3) is 0.125. The van der Waals surface area contributed by atoms with Crippen LogP contribution in [0.3, 0.4) is 0 Å². The van der Waals surface area contributed by atoms with E-state index in [0.29, 0.717) is 18.3 Å². The van der Waals surface area contributed by atoms with E-state index in [-0.39, 0.29) is 5.23 Å². The molecule has 0 saturated heterocycles. The molecule has 0 aromatic heterocycles. The number of hydrogen-bond donors (Lipinski definition) is 3. The first-order valence-electron chi connectivity index (χ1n) is 6.72. The molecule has 0 aliphatic carbocycles. The Morgan fingerprint density at radius 3 is 2.23 bits per heavy atom. The molecule has 2 aromatic carbocycles. The first kappa shape index (κ1) is 16.1. The summed E-state index contributed by atoms with van der Waals surface area (Å²) in [5, 5.41) is 19.3. The predicted molar refractivity (Wildman–Crippen MR) is 89.9 cm³/mol. The summed E-state index contributed by atoms with van der Waals surface area (Å²) in [5.74, 6) is 0. The molecular weight excluding hydrogens is 298 g/mol. The van der Waals surface area contributed by atoms with Gasteiger partial charge in [0.05, 0.1) is 6.54 Å². The minimum absolute atomic E-state index is 0.327. The van der Waals surface area contributed by atoms with Crippen molar-refractivity contribution in [2.45, 2.75) is 13.1 Å². The van der Waals surface area contributed by atoms with Crippen molar-refractivity contribution in [3.63, 3.8) is 0 Å². The van der Waals surface area contributed by atoms with Crippen LogP contribution in [-0.4, -0.2) is 15.7 Å². The zero-order valence-electron chi connectivity index (χ0n) is 11.9. The molecule has 22 heavy (non-hydrogen) atoms. The average Bonchev–Trinajstić information content (AvgIpc) is 2.59. The summed E-state index contributed by atoms with van der Waals surface area (Å²) in [5.41, 5.74) is 2.17. The van der Waals surface area contributed by atoms with Crippen LogP contribution < -0.4 is 5.32 Å². The zero-order valence-corrected chi connectivity index (χ0v) is 12.7. The van der Waals surface area contributed by atoms with E-state index in [1.807, 2.05) is 60.7 Å². The highest BCUT2D eigenvalue weighted by Gasteiger charge is 2.07. The second kappa shape index (κ2) is 8.86. The molecule has 0 aliphatic rings. The molecule has 2 rings (SSSR count). The molecule has 0 atom stereocenters. The van der Waals surface area contributed by atoms with Crippen LogP contribution in [0, 0.1) is 5.41 Å². The van der Waals surface area contributed by atoms with Gasteiger partial charge in [-0.05, 0) is 11.1 Å².